The molecule has 0 atom stereocenters. The average molecular weight is 186 g/mol. The first-order chi connectivity index (χ1) is 3.92. The van der Waals surface area contributed by atoms with E-state index in [-0.39, 0.29) is 51.4 Å². The Labute approximate surface area is 98.0 Å². The minimum atomic E-state index is -5.01. The van der Waals surface area contributed by atoms with Gasteiger partial charge in [0.05, 0.1) is 0 Å². The van der Waals surface area contributed by atoms with Crippen LogP contribution >= 0.6 is 0 Å². The summed E-state index contributed by atoms with van der Waals surface area (Å²) < 4.78 is 55.6. The summed E-state index contributed by atoms with van der Waals surface area (Å²) in [7, 11) is 0. The molecule has 0 bridgehead atoms. The zero-order valence-electron chi connectivity index (χ0n) is 5.46. The zero-order valence-corrected chi connectivity index (χ0v) is 8.58. The summed E-state index contributed by atoms with van der Waals surface area (Å²) in [5.74, 6) is 0. The molecule has 0 saturated heterocycles. The molecule has 10 heavy (non-hydrogen) atoms. The molecule has 0 aliphatic heterocycles. The third-order valence-electron chi connectivity index (χ3n) is 0.712. The Kier molecular flexibility index (Phi) is 8.25. The number of rotatable bonds is 3. The summed E-state index contributed by atoms with van der Waals surface area (Å²) in [4.78, 5) is 0. The molecule has 0 spiro atoms. The van der Waals surface area contributed by atoms with Crippen LogP contribution in [0.1, 0.15) is 6.42 Å². The van der Waals surface area contributed by atoms with Gasteiger partial charge < -0.3 is 12.9 Å². The number of halogens is 5. The molecule has 0 unspecified atom stereocenters. The van der Waals surface area contributed by atoms with E-state index in [2.05, 4.69) is 0 Å². The largest absolute Gasteiger partial charge is 1.00 e. The Morgan fingerprint density at radius 2 is 1.50 bits per heavy atom. The van der Waals surface area contributed by atoms with E-state index in [0.29, 0.717) is 0 Å². The molecule has 0 amide bonds. The molecule has 0 rings (SSSR count). The molecule has 0 aromatic carbocycles. The second kappa shape index (κ2) is 5.93. The molecule has 0 N–H and O–H groups in total. The third-order valence-corrected chi connectivity index (χ3v) is 0.712. The van der Waals surface area contributed by atoms with Crippen molar-refractivity contribution in [2.75, 3.05) is 0 Å². The van der Waals surface area contributed by atoms with E-state index in [9.17, 15) is 21.7 Å². The molecule has 0 aromatic rings. The van der Waals surface area contributed by atoms with E-state index in [1.165, 1.54) is 0 Å². The van der Waals surface area contributed by atoms with Gasteiger partial charge in [-0.1, -0.05) is 6.32 Å². The Morgan fingerprint density at radius 3 is 1.60 bits per heavy atom. The van der Waals surface area contributed by atoms with Gasteiger partial charge in [0.2, 0.25) is 6.43 Å². The van der Waals surface area contributed by atoms with Crippen LogP contribution in [-0.2, 0) is 0 Å². The van der Waals surface area contributed by atoms with Crippen molar-refractivity contribution in [3.05, 3.63) is 0 Å². The van der Waals surface area contributed by atoms with Crippen molar-refractivity contribution in [1.29, 1.82) is 0 Å². The number of alkyl halides is 2. The molecule has 0 aromatic heterocycles. The third kappa shape index (κ3) is 12.1. The Balaban J connectivity index is 0. The van der Waals surface area contributed by atoms with Crippen molar-refractivity contribution in [2.45, 2.75) is 19.2 Å². The summed E-state index contributed by atoms with van der Waals surface area (Å²) in [6, 6.07) is 0. The fraction of sp³-hybridized carbons (Fsp3) is 1.00. The maximum Gasteiger partial charge on any atom is 1.00 e. The van der Waals surface area contributed by atoms with E-state index in [1.54, 1.807) is 0 Å². The van der Waals surface area contributed by atoms with Crippen molar-refractivity contribution < 1.29 is 73.1 Å². The maximum absolute atomic E-state index is 11.1. The predicted molar refractivity (Wildman–Crippen MR) is 24.5 cm³/mol. The molecule has 0 nitrogen and oxygen atoms in total. The first-order valence-corrected chi connectivity index (χ1v) is 2.41. The van der Waals surface area contributed by atoms with Crippen molar-refractivity contribution >= 4 is 6.98 Å². The van der Waals surface area contributed by atoms with Crippen LogP contribution in [-0.4, -0.2) is 13.4 Å². The summed E-state index contributed by atoms with van der Waals surface area (Å²) in [6.45, 7) is -5.01. The normalized spacial score (nSPS) is 11.4. The zero-order chi connectivity index (χ0) is 7.49. The molecular formula is C3H5BF5K. The molecule has 0 radical (unpaired) electrons. The van der Waals surface area contributed by atoms with Gasteiger partial charge in [-0.15, -0.1) is 0 Å². The van der Waals surface area contributed by atoms with Gasteiger partial charge in [-0.2, -0.15) is 0 Å². The minimum absolute atomic E-state index is 0. The molecule has 56 valence electrons. The summed E-state index contributed by atoms with van der Waals surface area (Å²) in [6.07, 6.45) is -5.24. The summed E-state index contributed by atoms with van der Waals surface area (Å²) in [5, 5.41) is 0. The van der Waals surface area contributed by atoms with Gasteiger partial charge in [-0.3, -0.25) is 0 Å². The number of hydrogen-bond donors (Lipinski definition) is 0. The second-order valence-electron chi connectivity index (χ2n) is 1.68. The summed E-state index contributed by atoms with van der Waals surface area (Å²) >= 11 is 0. The van der Waals surface area contributed by atoms with Crippen LogP contribution in [0.3, 0.4) is 0 Å². The molecule has 0 aliphatic rings. The fourth-order valence-corrected chi connectivity index (χ4v) is 0.315. The molecule has 7 heteroatoms. The monoisotopic (exact) mass is 186 g/mol. The first-order valence-electron chi connectivity index (χ1n) is 2.41. The Bertz CT molecular complexity index is 81.5. The van der Waals surface area contributed by atoms with Crippen LogP contribution in [0.5, 0.6) is 0 Å². The van der Waals surface area contributed by atoms with Gasteiger partial charge in [0, 0.05) is 0 Å². The van der Waals surface area contributed by atoms with Crippen molar-refractivity contribution in [3.8, 4) is 0 Å². The van der Waals surface area contributed by atoms with Gasteiger partial charge in [0.1, 0.15) is 0 Å². The van der Waals surface area contributed by atoms with Crippen LogP contribution < -0.4 is 51.4 Å². The quantitative estimate of drug-likeness (QED) is 0.411. The van der Waals surface area contributed by atoms with Crippen molar-refractivity contribution in [3.63, 3.8) is 0 Å². The van der Waals surface area contributed by atoms with E-state index < -0.39 is 26.1 Å². The average Bonchev–Trinajstić information content (AvgIpc) is 1.59. The predicted octanol–water partition coefficient (Wildman–Crippen LogP) is -0.507. The van der Waals surface area contributed by atoms with Crippen LogP contribution in [0.25, 0.3) is 0 Å². The van der Waals surface area contributed by atoms with Gasteiger partial charge in [-0.05, 0) is 6.42 Å². The topological polar surface area (TPSA) is 0 Å². The first kappa shape index (κ1) is 13.9. The standard InChI is InChI=1S/C3H5BF5.K/c5-3(6)1-2-4(7,8)9;/h3H,1-2H2;/q-1;+1. The van der Waals surface area contributed by atoms with E-state index in [0.717, 1.165) is 0 Å². The Hall–Kier alpha value is 1.35. The molecule has 0 heterocycles. The van der Waals surface area contributed by atoms with Crippen molar-refractivity contribution in [1.82, 2.24) is 0 Å². The van der Waals surface area contributed by atoms with Crippen LogP contribution in [0.2, 0.25) is 6.32 Å². The summed E-state index contributed by atoms with van der Waals surface area (Å²) in [5.41, 5.74) is 0. The van der Waals surface area contributed by atoms with Gasteiger partial charge in [-0.25, -0.2) is 8.78 Å². The van der Waals surface area contributed by atoms with Crippen molar-refractivity contribution in [2.24, 2.45) is 0 Å². The number of hydrogen-bond acceptors (Lipinski definition) is 0. The maximum atomic E-state index is 11.1. The van der Waals surface area contributed by atoms with Gasteiger partial charge in [0.25, 0.3) is 0 Å². The Morgan fingerprint density at radius 1 is 1.10 bits per heavy atom. The second-order valence-corrected chi connectivity index (χ2v) is 1.68. The van der Waals surface area contributed by atoms with Gasteiger partial charge >= 0.3 is 58.4 Å². The van der Waals surface area contributed by atoms with E-state index in [4.69, 9.17) is 0 Å². The van der Waals surface area contributed by atoms with Crippen LogP contribution in [0.15, 0.2) is 0 Å². The smallest absolute Gasteiger partial charge is 0.449 e. The molecular weight excluding hydrogens is 181 g/mol. The molecule has 0 fully saturated rings. The van der Waals surface area contributed by atoms with E-state index >= 15 is 0 Å². The van der Waals surface area contributed by atoms with Crippen LogP contribution in [0.4, 0.5) is 21.7 Å². The fourth-order valence-electron chi connectivity index (χ4n) is 0.315. The minimum Gasteiger partial charge on any atom is -0.449 e. The molecule has 0 aliphatic carbocycles. The van der Waals surface area contributed by atoms with E-state index in [1.807, 2.05) is 0 Å². The van der Waals surface area contributed by atoms with Gasteiger partial charge in [0.15, 0.2) is 0 Å². The SMILES string of the molecule is FC(F)CC[B-](F)(F)F.[K+]. The van der Waals surface area contributed by atoms with Crippen LogP contribution in [0, 0.1) is 0 Å². The molecule has 0 saturated carbocycles.